The predicted molar refractivity (Wildman–Crippen MR) is 127 cm³/mol. The zero-order valence-corrected chi connectivity index (χ0v) is 18.5. The molecule has 0 saturated heterocycles. The summed E-state index contributed by atoms with van der Waals surface area (Å²) in [5, 5.41) is 9.89. The van der Waals surface area contributed by atoms with E-state index in [0.29, 0.717) is 16.5 Å². The van der Waals surface area contributed by atoms with Crippen molar-refractivity contribution < 1.29 is 19.0 Å². The van der Waals surface area contributed by atoms with Gasteiger partial charge < -0.3 is 14.7 Å². The van der Waals surface area contributed by atoms with Crippen molar-refractivity contribution in [2.45, 2.75) is 13.5 Å². The summed E-state index contributed by atoms with van der Waals surface area (Å²) in [6.07, 6.45) is 5.69. The Morgan fingerprint density at radius 1 is 1.12 bits per heavy atom. The first-order chi connectivity index (χ1) is 15.4. The second-order valence-electron chi connectivity index (χ2n) is 7.05. The van der Waals surface area contributed by atoms with Gasteiger partial charge in [-0.05, 0) is 67.1 Å². The second-order valence-corrected chi connectivity index (χ2v) is 7.48. The van der Waals surface area contributed by atoms with Crippen molar-refractivity contribution >= 4 is 29.0 Å². The number of rotatable bonds is 8. The highest BCUT2D eigenvalue weighted by atomic mass is 35.5. The first-order valence-corrected chi connectivity index (χ1v) is 10.3. The summed E-state index contributed by atoms with van der Waals surface area (Å²) in [5.41, 5.74) is 3.22. The van der Waals surface area contributed by atoms with E-state index in [-0.39, 0.29) is 18.0 Å². The van der Waals surface area contributed by atoms with Crippen molar-refractivity contribution in [3.8, 4) is 5.75 Å². The molecule has 0 spiro atoms. The summed E-state index contributed by atoms with van der Waals surface area (Å²) >= 11 is 6.31. The van der Waals surface area contributed by atoms with E-state index >= 15 is 0 Å². The molecule has 0 unspecified atom stereocenters. The SMILES string of the molecule is C/C=C/C=C(/c1cc(Cl)ccc1OCc1ccc(F)cc1)N(C)c1cccc(C(=O)O)c1. The number of hydrogen-bond acceptors (Lipinski definition) is 3. The molecular formula is C26H23ClFNO3. The van der Waals surface area contributed by atoms with Gasteiger partial charge in [-0.2, -0.15) is 0 Å². The van der Waals surface area contributed by atoms with Crippen molar-refractivity contribution in [2.75, 3.05) is 11.9 Å². The van der Waals surface area contributed by atoms with Crippen molar-refractivity contribution in [1.82, 2.24) is 0 Å². The number of allylic oxidation sites excluding steroid dienone is 3. The number of hydrogen-bond donors (Lipinski definition) is 1. The summed E-state index contributed by atoms with van der Waals surface area (Å²) in [6, 6.07) is 18.1. The highest BCUT2D eigenvalue weighted by molar-refractivity contribution is 6.30. The smallest absolute Gasteiger partial charge is 0.335 e. The van der Waals surface area contributed by atoms with Crippen LogP contribution < -0.4 is 9.64 Å². The fourth-order valence-electron chi connectivity index (χ4n) is 3.13. The van der Waals surface area contributed by atoms with E-state index in [1.54, 1.807) is 48.5 Å². The third-order valence-electron chi connectivity index (χ3n) is 4.81. The maximum atomic E-state index is 13.2. The molecule has 0 fully saturated rings. The lowest BCUT2D eigenvalue weighted by atomic mass is 10.1. The molecule has 0 amide bonds. The maximum absolute atomic E-state index is 13.2. The topological polar surface area (TPSA) is 49.8 Å². The molecule has 0 aromatic heterocycles. The number of anilines is 1. The average Bonchev–Trinajstić information content (AvgIpc) is 2.79. The molecule has 32 heavy (non-hydrogen) atoms. The van der Waals surface area contributed by atoms with Gasteiger partial charge in [0.15, 0.2) is 0 Å². The first kappa shape index (κ1) is 23.1. The van der Waals surface area contributed by atoms with Gasteiger partial charge in [-0.3, -0.25) is 0 Å². The molecule has 0 aliphatic heterocycles. The number of carbonyl (C=O) groups is 1. The summed E-state index contributed by atoms with van der Waals surface area (Å²) in [7, 11) is 1.85. The lowest BCUT2D eigenvalue weighted by Gasteiger charge is -2.25. The Kier molecular flexibility index (Phi) is 7.68. The van der Waals surface area contributed by atoms with Crippen LogP contribution in [0.5, 0.6) is 5.75 Å². The van der Waals surface area contributed by atoms with Gasteiger partial charge in [0.1, 0.15) is 18.2 Å². The third kappa shape index (κ3) is 5.77. The number of halogens is 2. The number of nitrogens with zero attached hydrogens (tertiary/aromatic N) is 1. The maximum Gasteiger partial charge on any atom is 0.335 e. The van der Waals surface area contributed by atoms with Crippen LogP contribution in [0.4, 0.5) is 10.1 Å². The van der Waals surface area contributed by atoms with E-state index in [4.69, 9.17) is 16.3 Å². The van der Waals surface area contributed by atoms with E-state index in [1.165, 1.54) is 12.1 Å². The Bertz CT molecular complexity index is 1160. The molecule has 0 aliphatic carbocycles. The van der Waals surface area contributed by atoms with Gasteiger partial charge in [0.05, 0.1) is 11.3 Å². The average molecular weight is 452 g/mol. The Labute approximate surface area is 191 Å². The van der Waals surface area contributed by atoms with Crippen LogP contribution >= 0.6 is 11.6 Å². The van der Waals surface area contributed by atoms with E-state index in [2.05, 4.69) is 0 Å². The molecule has 3 rings (SSSR count). The molecule has 4 nitrogen and oxygen atoms in total. The highest BCUT2D eigenvalue weighted by Crippen LogP contribution is 2.34. The number of benzene rings is 3. The standard InChI is InChI=1S/C26H23ClFNO3/c1-3-4-8-24(29(2)22-7-5-6-19(15-22)26(30)31)23-16-20(27)11-14-25(23)32-17-18-9-12-21(28)13-10-18/h3-16H,17H2,1-2H3,(H,30,31)/b4-3+,24-8-. The zero-order chi connectivity index (χ0) is 23.1. The van der Waals surface area contributed by atoms with Crippen molar-refractivity contribution in [2.24, 2.45) is 0 Å². The summed E-state index contributed by atoms with van der Waals surface area (Å²) < 4.78 is 19.3. The lowest BCUT2D eigenvalue weighted by molar-refractivity contribution is 0.0697. The van der Waals surface area contributed by atoms with E-state index in [0.717, 1.165) is 16.8 Å². The van der Waals surface area contributed by atoms with Crippen LogP contribution in [0.1, 0.15) is 28.4 Å². The third-order valence-corrected chi connectivity index (χ3v) is 5.05. The van der Waals surface area contributed by atoms with Gasteiger partial charge in [0.25, 0.3) is 0 Å². The van der Waals surface area contributed by atoms with Gasteiger partial charge in [-0.25, -0.2) is 9.18 Å². The van der Waals surface area contributed by atoms with Crippen molar-refractivity contribution in [3.05, 3.63) is 112 Å². The first-order valence-electron chi connectivity index (χ1n) is 9.96. The fraction of sp³-hybridized carbons (Fsp3) is 0.115. The second kappa shape index (κ2) is 10.6. The minimum absolute atomic E-state index is 0.193. The molecule has 0 aliphatic rings. The van der Waals surface area contributed by atoms with E-state index < -0.39 is 5.97 Å². The molecule has 3 aromatic carbocycles. The summed E-state index contributed by atoms with van der Waals surface area (Å²) in [6.45, 7) is 2.16. The van der Waals surface area contributed by atoms with Crippen molar-refractivity contribution in [1.29, 1.82) is 0 Å². The molecule has 0 saturated carbocycles. The molecule has 0 radical (unpaired) electrons. The Morgan fingerprint density at radius 3 is 2.56 bits per heavy atom. The predicted octanol–water partition coefficient (Wildman–Crippen LogP) is 6.81. The van der Waals surface area contributed by atoms with Crippen LogP contribution in [0, 0.1) is 5.82 Å². The number of carboxylic acids is 1. The Balaban J connectivity index is 2.00. The number of aromatic carboxylic acids is 1. The van der Waals surface area contributed by atoms with Crippen LogP contribution in [0.2, 0.25) is 5.02 Å². The summed E-state index contributed by atoms with van der Waals surface area (Å²) in [5.74, 6) is -0.705. The molecule has 0 bridgehead atoms. The fourth-order valence-corrected chi connectivity index (χ4v) is 3.30. The van der Waals surface area contributed by atoms with Gasteiger partial charge in [0, 0.05) is 23.3 Å². The van der Waals surface area contributed by atoms with Gasteiger partial charge in [-0.15, -0.1) is 0 Å². The van der Waals surface area contributed by atoms with Crippen molar-refractivity contribution in [3.63, 3.8) is 0 Å². The highest BCUT2D eigenvalue weighted by Gasteiger charge is 2.16. The van der Waals surface area contributed by atoms with Gasteiger partial charge in [0.2, 0.25) is 0 Å². The number of carboxylic acid groups (broad SMARTS) is 1. The normalized spacial score (nSPS) is 11.6. The lowest BCUT2D eigenvalue weighted by Crippen LogP contribution is -2.17. The molecule has 6 heteroatoms. The van der Waals surface area contributed by atoms with Crippen LogP contribution in [0.15, 0.2) is 85.0 Å². The quantitative estimate of drug-likeness (QED) is 0.382. The zero-order valence-electron chi connectivity index (χ0n) is 17.8. The van der Waals surface area contributed by atoms with E-state index in [9.17, 15) is 14.3 Å². The van der Waals surface area contributed by atoms with Crippen LogP contribution in [-0.2, 0) is 6.61 Å². The minimum atomic E-state index is -0.995. The van der Waals surface area contributed by atoms with Gasteiger partial charge in [-0.1, -0.05) is 42.0 Å². The minimum Gasteiger partial charge on any atom is -0.488 e. The molecule has 0 heterocycles. The van der Waals surface area contributed by atoms with Crippen LogP contribution in [0.25, 0.3) is 5.70 Å². The molecule has 0 atom stereocenters. The largest absolute Gasteiger partial charge is 0.488 e. The Morgan fingerprint density at radius 2 is 1.88 bits per heavy atom. The van der Waals surface area contributed by atoms with E-state index in [1.807, 2.05) is 43.2 Å². The Hall–Kier alpha value is -3.57. The molecular weight excluding hydrogens is 429 g/mol. The molecule has 1 N–H and O–H groups in total. The number of ether oxygens (including phenoxy) is 1. The molecule has 3 aromatic rings. The van der Waals surface area contributed by atoms with Gasteiger partial charge >= 0.3 is 5.97 Å². The monoisotopic (exact) mass is 451 g/mol. The molecule has 164 valence electrons. The summed E-state index contributed by atoms with van der Waals surface area (Å²) in [4.78, 5) is 13.3. The van der Waals surface area contributed by atoms with Crippen LogP contribution in [0.3, 0.4) is 0 Å². The van der Waals surface area contributed by atoms with Crippen LogP contribution in [-0.4, -0.2) is 18.1 Å².